The highest BCUT2D eigenvalue weighted by atomic mass is 16.2. The van der Waals surface area contributed by atoms with Crippen LogP contribution in [0.2, 0.25) is 0 Å². The first-order chi connectivity index (χ1) is 12.4. The Morgan fingerprint density at radius 3 is 2.54 bits per heavy atom. The van der Waals surface area contributed by atoms with E-state index in [1.807, 2.05) is 45.0 Å². The Bertz CT molecular complexity index is 999. The molecular formula is C19H23N5O2. The first-order valence-electron chi connectivity index (χ1n) is 8.68. The zero-order valence-electron chi connectivity index (χ0n) is 15.5. The average molecular weight is 353 g/mol. The molecule has 0 saturated heterocycles. The molecule has 0 saturated carbocycles. The van der Waals surface area contributed by atoms with E-state index in [0.717, 1.165) is 11.3 Å². The van der Waals surface area contributed by atoms with Crippen LogP contribution in [0.5, 0.6) is 0 Å². The fourth-order valence-electron chi connectivity index (χ4n) is 2.85. The molecule has 7 nitrogen and oxygen atoms in total. The van der Waals surface area contributed by atoms with E-state index in [1.54, 1.807) is 11.6 Å². The van der Waals surface area contributed by atoms with Gasteiger partial charge in [-0.3, -0.25) is 14.2 Å². The smallest absolute Gasteiger partial charge is 0.264 e. The van der Waals surface area contributed by atoms with Gasteiger partial charge in [-0.25, -0.2) is 9.67 Å². The number of rotatable bonds is 5. The molecule has 0 aliphatic heterocycles. The number of hydrogen-bond donors (Lipinski definition) is 1. The summed E-state index contributed by atoms with van der Waals surface area (Å²) in [5.74, 6) is 0.482. The van der Waals surface area contributed by atoms with Crippen LogP contribution in [-0.4, -0.2) is 31.3 Å². The molecule has 136 valence electrons. The first kappa shape index (κ1) is 17.8. The van der Waals surface area contributed by atoms with Gasteiger partial charge in [0, 0.05) is 19.0 Å². The lowest BCUT2D eigenvalue weighted by atomic mass is 10.2. The number of benzene rings is 1. The number of hydrogen-bond acceptors (Lipinski definition) is 4. The highest BCUT2D eigenvalue weighted by molar-refractivity contribution is 5.77. The lowest BCUT2D eigenvalue weighted by Crippen LogP contribution is -2.32. The highest BCUT2D eigenvalue weighted by Crippen LogP contribution is 2.15. The number of aryl methyl sites for hydroxylation is 2. The van der Waals surface area contributed by atoms with Gasteiger partial charge < -0.3 is 5.32 Å². The van der Waals surface area contributed by atoms with Gasteiger partial charge in [-0.05, 0) is 39.8 Å². The average Bonchev–Trinajstić information content (AvgIpc) is 2.98. The minimum Gasteiger partial charge on any atom is -0.354 e. The number of nitrogens with one attached hydrogen (secondary N) is 1. The summed E-state index contributed by atoms with van der Waals surface area (Å²) < 4.78 is 3.20. The van der Waals surface area contributed by atoms with E-state index in [0.29, 0.717) is 23.4 Å². The molecule has 1 amide bonds. The van der Waals surface area contributed by atoms with Gasteiger partial charge in [0.1, 0.15) is 11.2 Å². The van der Waals surface area contributed by atoms with Crippen LogP contribution in [0.25, 0.3) is 16.7 Å². The Labute approximate surface area is 151 Å². The highest BCUT2D eigenvalue weighted by Gasteiger charge is 2.15. The molecule has 26 heavy (non-hydrogen) atoms. The van der Waals surface area contributed by atoms with E-state index < -0.39 is 0 Å². The molecule has 0 bridgehead atoms. The van der Waals surface area contributed by atoms with Crippen LogP contribution < -0.4 is 10.9 Å². The second kappa shape index (κ2) is 7.11. The normalized spacial score (nSPS) is 11.3. The number of amides is 1. The third kappa shape index (κ3) is 3.51. The van der Waals surface area contributed by atoms with Crippen molar-refractivity contribution >= 4 is 16.9 Å². The monoisotopic (exact) mass is 353 g/mol. The quantitative estimate of drug-likeness (QED) is 0.762. The molecule has 2 aromatic heterocycles. The van der Waals surface area contributed by atoms with Crippen molar-refractivity contribution in [3.8, 4) is 5.69 Å². The molecule has 2 heterocycles. The van der Waals surface area contributed by atoms with Crippen molar-refractivity contribution in [2.45, 2.75) is 46.7 Å². The molecule has 3 aromatic rings. The number of carbonyl (C=O) groups excluding carboxylic acids is 1. The standard InChI is InChI=1S/C19H23N5O2/c1-12(2)21-17(25)9-10-23-14(4)22-18-16(19(23)26)11-20-24(18)15-7-5-13(3)6-8-15/h5-8,11-12H,9-10H2,1-4H3,(H,21,25). The van der Waals surface area contributed by atoms with Crippen molar-refractivity contribution in [2.24, 2.45) is 0 Å². The molecule has 0 spiro atoms. The summed E-state index contributed by atoms with van der Waals surface area (Å²) in [6.45, 7) is 7.89. The van der Waals surface area contributed by atoms with Gasteiger partial charge in [0.2, 0.25) is 5.91 Å². The van der Waals surface area contributed by atoms with Crippen molar-refractivity contribution < 1.29 is 4.79 Å². The molecule has 7 heteroatoms. The van der Waals surface area contributed by atoms with Gasteiger partial charge in [0.05, 0.1) is 11.9 Å². The Balaban J connectivity index is 1.95. The molecule has 3 rings (SSSR count). The van der Waals surface area contributed by atoms with Gasteiger partial charge >= 0.3 is 0 Å². The van der Waals surface area contributed by atoms with Crippen LogP contribution in [0.1, 0.15) is 31.7 Å². The summed E-state index contributed by atoms with van der Waals surface area (Å²) in [6.07, 6.45) is 1.77. The minimum atomic E-state index is -0.178. The lowest BCUT2D eigenvalue weighted by Gasteiger charge is -2.12. The molecule has 0 aliphatic rings. The van der Waals surface area contributed by atoms with Crippen molar-refractivity contribution in [3.63, 3.8) is 0 Å². The molecule has 1 aromatic carbocycles. The molecular weight excluding hydrogens is 330 g/mol. The van der Waals surface area contributed by atoms with Gasteiger partial charge in [0.25, 0.3) is 5.56 Å². The van der Waals surface area contributed by atoms with Gasteiger partial charge in [-0.1, -0.05) is 17.7 Å². The number of aromatic nitrogens is 4. The largest absolute Gasteiger partial charge is 0.354 e. The van der Waals surface area contributed by atoms with E-state index >= 15 is 0 Å². The van der Waals surface area contributed by atoms with Gasteiger partial charge in [-0.2, -0.15) is 5.10 Å². The van der Waals surface area contributed by atoms with Gasteiger partial charge in [-0.15, -0.1) is 0 Å². The maximum absolute atomic E-state index is 12.8. The molecule has 1 N–H and O–H groups in total. The van der Waals surface area contributed by atoms with Crippen LogP contribution in [0, 0.1) is 13.8 Å². The first-order valence-corrected chi connectivity index (χ1v) is 8.68. The van der Waals surface area contributed by atoms with Crippen molar-refractivity contribution in [1.82, 2.24) is 24.6 Å². The third-order valence-electron chi connectivity index (χ3n) is 4.17. The summed E-state index contributed by atoms with van der Waals surface area (Å²) in [6, 6.07) is 7.95. The summed E-state index contributed by atoms with van der Waals surface area (Å²) in [7, 11) is 0. The second-order valence-electron chi connectivity index (χ2n) is 6.72. The molecule has 0 aliphatic carbocycles. The van der Waals surface area contributed by atoms with Crippen molar-refractivity contribution in [3.05, 3.63) is 52.2 Å². The molecule has 0 atom stereocenters. The predicted octanol–water partition coefficient (Wildman–Crippen LogP) is 2.11. The number of nitrogens with zero attached hydrogens (tertiary/aromatic N) is 4. The van der Waals surface area contributed by atoms with E-state index in [9.17, 15) is 9.59 Å². The Kier molecular flexibility index (Phi) is 4.88. The SMILES string of the molecule is Cc1ccc(-n2ncc3c(=O)n(CCC(=O)NC(C)C)c(C)nc32)cc1. The van der Waals surface area contributed by atoms with Crippen LogP contribution >= 0.6 is 0 Å². The molecule has 0 unspecified atom stereocenters. The third-order valence-corrected chi connectivity index (χ3v) is 4.17. The molecule has 0 fully saturated rings. The summed E-state index contributed by atoms with van der Waals surface area (Å²) >= 11 is 0. The van der Waals surface area contributed by atoms with Crippen LogP contribution in [0.15, 0.2) is 35.3 Å². The summed E-state index contributed by atoms with van der Waals surface area (Å²) in [5, 5.41) is 7.61. The van der Waals surface area contributed by atoms with Crippen molar-refractivity contribution in [2.75, 3.05) is 0 Å². The fourth-order valence-corrected chi connectivity index (χ4v) is 2.85. The minimum absolute atomic E-state index is 0.0775. The van der Waals surface area contributed by atoms with Crippen LogP contribution in [0.3, 0.4) is 0 Å². The summed E-state index contributed by atoms with van der Waals surface area (Å²) in [4.78, 5) is 29.3. The van der Waals surface area contributed by atoms with Crippen molar-refractivity contribution in [1.29, 1.82) is 0 Å². The van der Waals surface area contributed by atoms with Gasteiger partial charge in [0.15, 0.2) is 5.65 Å². The second-order valence-corrected chi connectivity index (χ2v) is 6.72. The summed E-state index contributed by atoms with van der Waals surface area (Å²) in [5.41, 5.74) is 2.35. The zero-order valence-corrected chi connectivity index (χ0v) is 15.5. The fraction of sp³-hybridized carbons (Fsp3) is 0.368. The zero-order chi connectivity index (χ0) is 18.8. The Morgan fingerprint density at radius 2 is 1.88 bits per heavy atom. The Hall–Kier alpha value is -2.96. The van der Waals surface area contributed by atoms with Crippen LogP contribution in [-0.2, 0) is 11.3 Å². The maximum atomic E-state index is 12.8. The topological polar surface area (TPSA) is 81.8 Å². The predicted molar refractivity (Wildman–Crippen MR) is 100 cm³/mol. The van der Waals surface area contributed by atoms with E-state index in [4.69, 9.17) is 0 Å². The number of carbonyl (C=O) groups is 1. The maximum Gasteiger partial charge on any atom is 0.264 e. The Morgan fingerprint density at radius 1 is 1.19 bits per heavy atom. The van der Waals surface area contributed by atoms with E-state index in [-0.39, 0.29) is 23.9 Å². The van der Waals surface area contributed by atoms with Crippen LogP contribution in [0.4, 0.5) is 0 Å². The molecule has 0 radical (unpaired) electrons. The number of fused-ring (bicyclic) bond motifs is 1. The van der Waals surface area contributed by atoms with E-state index in [1.165, 1.54) is 10.8 Å². The lowest BCUT2D eigenvalue weighted by molar-refractivity contribution is -0.121. The van der Waals surface area contributed by atoms with E-state index in [2.05, 4.69) is 15.4 Å².